The lowest BCUT2D eigenvalue weighted by Crippen LogP contribution is -2.38. The molecule has 7 heteroatoms. The Labute approximate surface area is 137 Å². The van der Waals surface area contributed by atoms with E-state index in [1.165, 1.54) is 12.1 Å². The summed E-state index contributed by atoms with van der Waals surface area (Å²) in [6.45, 7) is 5.47. The van der Waals surface area contributed by atoms with E-state index in [1.54, 1.807) is 23.5 Å². The summed E-state index contributed by atoms with van der Waals surface area (Å²) in [5.74, 6) is -0.0651. The maximum Gasteiger partial charge on any atom is 0.291 e. The monoisotopic (exact) mass is 330 g/mol. The first-order valence-electron chi connectivity index (χ1n) is 7.88. The Morgan fingerprint density at radius 2 is 2.08 bits per heavy atom. The Balaban J connectivity index is 2.08. The minimum absolute atomic E-state index is 0.0388. The van der Waals surface area contributed by atoms with Gasteiger partial charge >= 0.3 is 0 Å². The molecule has 0 unspecified atom stereocenters. The average molecular weight is 330 g/mol. The molecule has 0 aliphatic rings. The molecule has 2 aromatic heterocycles. The van der Waals surface area contributed by atoms with E-state index < -0.39 is 0 Å². The highest BCUT2D eigenvalue weighted by molar-refractivity contribution is 5.87. The summed E-state index contributed by atoms with van der Waals surface area (Å²) in [7, 11) is 0. The summed E-state index contributed by atoms with van der Waals surface area (Å²) in [6, 6.07) is 6.00. The lowest BCUT2D eigenvalue weighted by Gasteiger charge is -2.12. The fourth-order valence-corrected chi connectivity index (χ4v) is 2.76. The molecule has 6 nitrogen and oxygen atoms in total. The molecule has 0 saturated carbocycles. The molecule has 0 fully saturated rings. The number of hydrogen-bond donors (Lipinski definition) is 1. The van der Waals surface area contributed by atoms with Crippen molar-refractivity contribution in [2.24, 2.45) is 0 Å². The van der Waals surface area contributed by atoms with Crippen molar-refractivity contribution in [2.45, 2.75) is 39.8 Å². The second-order valence-corrected chi connectivity index (χ2v) is 5.95. The van der Waals surface area contributed by atoms with Gasteiger partial charge in [-0.2, -0.15) is 5.10 Å². The van der Waals surface area contributed by atoms with Gasteiger partial charge in [0.1, 0.15) is 23.7 Å². The molecule has 0 aliphatic carbocycles. The molecule has 0 spiro atoms. The van der Waals surface area contributed by atoms with Crippen molar-refractivity contribution >= 4 is 22.3 Å². The molecule has 0 saturated heterocycles. The van der Waals surface area contributed by atoms with Crippen molar-refractivity contribution < 1.29 is 9.18 Å². The van der Waals surface area contributed by atoms with Crippen LogP contribution in [0.15, 0.2) is 29.1 Å². The summed E-state index contributed by atoms with van der Waals surface area (Å²) in [6.07, 6.45) is 0.807. The highest BCUT2D eigenvalue weighted by Crippen LogP contribution is 2.20. The number of nitrogens with zero attached hydrogens (tertiary/aromatic N) is 3. The first-order chi connectivity index (χ1) is 11.4. The van der Waals surface area contributed by atoms with E-state index in [4.69, 9.17) is 0 Å². The van der Waals surface area contributed by atoms with Crippen molar-refractivity contribution in [3.63, 3.8) is 0 Å². The molecule has 3 rings (SSSR count). The van der Waals surface area contributed by atoms with Gasteiger partial charge in [-0.1, -0.05) is 6.92 Å². The third-order valence-corrected chi connectivity index (χ3v) is 4.12. The van der Waals surface area contributed by atoms with Crippen LogP contribution in [0, 0.1) is 12.7 Å². The van der Waals surface area contributed by atoms with Gasteiger partial charge in [-0.3, -0.25) is 14.0 Å². The predicted molar refractivity (Wildman–Crippen MR) is 89.5 cm³/mol. The van der Waals surface area contributed by atoms with E-state index >= 15 is 0 Å². The largest absolute Gasteiger partial charge is 0.352 e. The fourth-order valence-electron chi connectivity index (χ4n) is 2.76. The lowest BCUT2D eigenvalue weighted by molar-refractivity contribution is -0.122. The first-order valence-corrected chi connectivity index (χ1v) is 7.88. The summed E-state index contributed by atoms with van der Waals surface area (Å²) >= 11 is 0. The minimum atomic E-state index is -0.378. The average Bonchev–Trinajstić information content (AvgIpc) is 2.91. The third-order valence-electron chi connectivity index (χ3n) is 4.12. The molecule has 2 heterocycles. The van der Waals surface area contributed by atoms with Gasteiger partial charge in [-0.25, -0.2) is 9.07 Å². The Kier molecular flexibility index (Phi) is 4.09. The van der Waals surface area contributed by atoms with Crippen LogP contribution in [-0.4, -0.2) is 26.1 Å². The molecular formula is C17H19FN4O2. The van der Waals surface area contributed by atoms with Crippen LogP contribution >= 0.6 is 0 Å². The normalized spacial score (nSPS) is 12.7. The van der Waals surface area contributed by atoms with Crippen molar-refractivity contribution in [3.05, 3.63) is 46.3 Å². The number of rotatable bonds is 4. The van der Waals surface area contributed by atoms with Gasteiger partial charge in [0.15, 0.2) is 0 Å². The van der Waals surface area contributed by atoms with E-state index in [-0.39, 0.29) is 29.9 Å². The zero-order valence-corrected chi connectivity index (χ0v) is 13.8. The Hall–Kier alpha value is -2.70. The molecule has 0 radical (unpaired) electrons. The molecule has 1 amide bonds. The van der Waals surface area contributed by atoms with Crippen LogP contribution in [0.1, 0.15) is 26.1 Å². The lowest BCUT2D eigenvalue weighted by atomic mass is 10.2. The van der Waals surface area contributed by atoms with Gasteiger partial charge in [-0.15, -0.1) is 0 Å². The van der Waals surface area contributed by atoms with Crippen LogP contribution in [-0.2, 0) is 11.3 Å². The number of benzene rings is 1. The molecule has 3 aromatic rings. The van der Waals surface area contributed by atoms with E-state index in [9.17, 15) is 14.0 Å². The van der Waals surface area contributed by atoms with Crippen LogP contribution in [0.2, 0.25) is 0 Å². The summed E-state index contributed by atoms with van der Waals surface area (Å²) in [5.41, 5.74) is 0.709. The number of aryl methyl sites for hydroxylation is 1. The molecule has 24 heavy (non-hydrogen) atoms. The van der Waals surface area contributed by atoms with Crippen molar-refractivity contribution in [1.29, 1.82) is 0 Å². The zero-order chi connectivity index (χ0) is 17.4. The van der Waals surface area contributed by atoms with Gasteiger partial charge in [0.2, 0.25) is 5.91 Å². The number of hydrogen-bond acceptors (Lipinski definition) is 3. The number of amides is 1. The van der Waals surface area contributed by atoms with Crippen LogP contribution in [0.5, 0.6) is 0 Å². The number of nitrogens with one attached hydrogen (secondary N) is 1. The van der Waals surface area contributed by atoms with E-state index in [0.717, 1.165) is 11.1 Å². The molecule has 1 N–H and O–H groups in total. The quantitative estimate of drug-likeness (QED) is 0.796. The van der Waals surface area contributed by atoms with Crippen molar-refractivity contribution in [1.82, 2.24) is 19.5 Å². The smallest absolute Gasteiger partial charge is 0.291 e. The van der Waals surface area contributed by atoms with Crippen LogP contribution in [0.4, 0.5) is 4.39 Å². The zero-order valence-electron chi connectivity index (χ0n) is 13.8. The number of aromatic nitrogens is 3. The standard InChI is InChI=1S/C17H19FN4O2/c1-4-10(2)19-16(23)9-21-17(24)15-8-12-7-13(18)5-6-14(12)22(15)11(3)20-21/h5-8,10H,4,9H2,1-3H3,(H,19,23)/t10-/m1/s1. The Morgan fingerprint density at radius 3 is 2.79 bits per heavy atom. The van der Waals surface area contributed by atoms with Crippen LogP contribution in [0.3, 0.4) is 0 Å². The van der Waals surface area contributed by atoms with Gasteiger partial charge in [0.05, 0.1) is 5.52 Å². The number of halogens is 1. The van der Waals surface area contributed by atoms with Crippen LogP contribution < -0.4 is 10.9 Å². The van der Waals surface area contributed by atoms with Crippen LogP contribution in [0.25, 0.3) is 16.4 Å². The van der Waals surface area contributed by atoms with E-state index in [0.29, 0.717) is 22.2 Å². The van der Waals surface area contributed by atoms with Crippen molar-refractivity contribution in [3.8, 4) is 0 Å². The number of fused-ring (bicyclic) bond motifs is 3. The second kappa shape index (κ2) is 6.07. The summed E-state index contributed by atoms with van der Waals surface area (Å²) in [4.78, 5) is 24.7. The van der Waals surface area contributed by atoms with Gasteiger partial charge in [0.25, 0.3) is 5.56 Å². The van der Waals surface area contributed by atoms with Gasteiger partial charge in [0, 0.05) is 11.4 Å². The maximum absolute atomic E-state index is 13.4. The minimum Gasteiger partial charge on any atom is -0.352 e. The second-order valence-electron chi connectivity index (χ2n) is 5.95. The van der Waals surface area contributed by atoms with Gasteiger partial charge < -0.3 is 5.32 Å². The number of carbonyl (C=O) groups is 1. The van der Waals surface area contributed by atoms with E-state index in [1.807, 2.05) is 13.8 Å². The van der Waals surface area contributed by atoms with E-state index in [2.05, 4.69) is 10.4 Å². The Bertz CT molecular complexity index is 990. The number of carbonyl (C=O) groups excluding carboxylic acids is 1. The SMILES string of the molecule is CC[C@@H](C)NC(=O)Cn1nc(C)n2c(cc3cc(F)ccc32)c1=O. The molecule has 0 aliphatic heterocycles. The molecule has 1 atom stereocenters. The summed E-state index contributed by atoms with van der Waals surface area (Å²) in [5, 5.41) is 7.67. The predicted octanol–water partition coefficient (Wildman–Crippen LogP) is 2.01. The highest BCUT2D eigenvalue weighted by Gasteiger charge is 2.15. The fraction of sp³-hybridized carbons (Fsp3) is 0.353. The maximum atomic E-state index is 13.4. The van der Waals surface area contributed by atoms with Gasteiger partial charge in [-0.05, 0) is 44.5 Å². The molecular weight excluding hydrogens is 311 g/mol. The topological polar surface area (TPSA) is 68.4 Å². The highest BCUT2D eigenvalue weighted by atomic mass is 19.1. The third kappa shape index (κ3) is 2.77. The van der Waals surface area contributed by atoms with Crippen molar-refractivity contribution in [2.75, 3.05) is 0 Å². The Morgan fingerprint density at radius 1 is 1.33 bits per heavy atom. The first kappa shape index (κ1) is 16.2. The summed E-state index contributed by atoms with van der Waals surface area (Å²) < 4.78 is 16.2. The molecule has 126 valence electrons. The molecule has 1 aromatic carbocycles. The molecule has 0 bridgehead atoms.